The molecule has 2 aliphatic rings. The molecule has 1 aromatic carbocycles. The van der Waals surface area contributed by atoms with E-state index in [4.69, 9.17) is 0 Å². The molecule has 2 saturated heterocycles. The summed E-state index contributed by atoms with van der Waals surface area (Å²) < 4.78 is 27.3. The molecular formula is C18H28ClN3O3S. The predicted molar refractivity (Wildman–Crippen MR) is 104 cm³/mol. The highest BCUT2D eigenvalue weighted by molar-refractivity contribution is 7.89. The lowest BCUT2D eigenvalue weighted by atomic mass is 10.1. The van der Waals surface area contributed by atoms with E-state index in [0.29, 0.717) is 31.7 Å². The van der Waals surface area contributed by atoms with E-state index in [1.807, 2.05) is 11.8 Å². The van der Waals surface area contributed by atoms with Gasteiger partial charge in [0.2, 0.25) is 10.0 Å². The number of aryl methyl sites for hydroxylation is 1. The predicted octanol–water partition coefficient (Wildman–Crippen LogP) is 2.03. The zero-order valence-electron chi connectivity index (χ0n) is 15.2. The van der Waals surface area contributed by atoms with Crippen molar-refractivity contribution in [1.82, 2.24) is 14.5 Å². The van der Waals surface area contributed by atoms with Crippen molar-refractivity contribution in [1.29, 1.82) is 0 Å². The fourth-order valence-corrected chi connectivity index (χ4v) is 5.01. The number of carbonyl (C=O) groups excluding carboxylic acids is 1. The van der Waals surface area contributed by atoms with Crippen LogP contribution in [0.4, 0.5) is 0 Å². The van der Waals surface area contributed by atoms with Gasteiger partial charge in [-0.15, -0.1) is 12.4 Å². The third-order valence-corrected chi connectivity index (χ3v) is 6.91. The van der Waals surface area contributed by atoms with Gasteiger partial charge in [-0.25, -0.2) is 8.42 Å². The van der Waals surface area contributed by atoms with Crippen LogP contribution in [0.2, 0.25) is 0 Å². The van der Waals surface area contributed by atoms with Crippen LogP contribution in [-0.4, -0.2) is 62.8 Å². The summed E-state index contributed by atoms with van der Waals surface area (Å²) in [5.41, 5.74) is 1.32. The van der Waals surface area contributed by atoms with Crippen molar-refractivity contribution in [2.24, 2.45) is 0 Å². The monoisotopic (exact) mass is 401 g/mol. The van der Waals surface area contributed by atoms with E-state index in [-0.39, 0.29) is 23.2 Å². The van der Waals surface area contributed by atoms with Crippen molar-refractivity contribution in [3.63, 3.8) is 0 Å². The average molecular weight is 402 g/mol. The molecule has 2 fully saturated rings. The Balaban J connectivity index is 0.00000243. The Morgan fingerprint density at radius 1 is 1.00 bits per heavy atom. The van der Waals surface area contributed by atoms with Crippen LogP contribution < -0.4 is 5.32 Å². The molecule has 3 rings (SSSR count). The van der Waals surface area contributed by atoms with Crippen molar-refractivity contribution >= 4 is 28.3 Å². The first-order chi connectivity index (χ1) is 12.0. The van der Waals surface area contributed by atoms with Crippen LogP contribution in [0.5, 0.6) is 0 Å². The quantitative estimate of drug-likeness (QED) is 0.841. The van der Waals surface area contributed by atoms with Gasteiger partial charge in [0.1, 0.15) is 0 Å². The normalized spacial score (nSPS) is 19.5. The number of halogens is 1. The van der Waals surface area contributed by atoms with Crippen LogP contribution in [0, 0.1) is 6.92 Å². The number of amides is 1. The smallest absolute Gasteiger partial charge is 0.254 e. The lowest BCUT2D eigenvalue weighted by Crippen LogP contribution is -2.36. The summed E-state index contributed by atoms with van der Waals surface area (Å²) in [6, 6.07) is 4.94. The number of hydrogen-bond donors (Lipinski definition) is 1. The van der Waals surface area contributed by atoms with Crippen LogP contribution in [-0.2, 0) is 10.0 Å². The van der Waals surface area contributed by atoms with Crippen LogP contribution in [0.1, 0.15) is 41.6 Å². The van der Waals surface area contributed by atoms with Gasteiger partial charge in [0.15, 0.2) is 0 Å². The first kappa shape index (κ1) is 21.2. The minimum Gasteiger partial charge on any atom is -0.337 e. The maximum Gasteiger partial charge on any atom is 0.254 e. The molecule has 0 aromatic heterocycles. The van der Waals surface area contributed by atoms with Crippen LogP contribution >= 0.6 is 12.4 Å². The molecule has 146 valence electrons. The second-order valence-corrected chi connectivity index (χ2v) is 8.78. The molecular weight excluding hydrogens is 374 g/mol. The number of benzene rings is 1. The minimum atomic E-state index is -3.52. The second kappa shape index (κ2) is 9.17. The van der Waals surface area contributed by atoms with Gasteiger partial charge in [0.25, 0.3) is 5.91 Å². The van der Waals surface area contributed by atoms with Gasteiger partial charge in [0, 0.05) is 38.3 Å². The van der Waals surface area contributed by atoms with Crippen molar-refractivity contribution in [2.45, 2.75) is 37.5 Å². The summed E-state index contributed by atoms with van der Waals surface area (Å²) in [6.07, 6.45) is 3.79. The van der Waals surface area contributed by atoms with E-state index in [1.54, 1.807) is 22.5 Å². The summed E-state index contributed by atoms with van der Waals surface area (Å²) in [5.74, 6) is -0.0723. The Morgan fingerprint density at radius 2 is 1.73 bits per heavy atom. The second-order valence-electron chi connectivity index (χ2n) is 6.84. The highest BCUT2D eigenvalue weighted by atomic mass is 35.5. The summed E-state index contributed by atoms with van der Waals surface area (Å²) in [5, 5.41) is 3.28. The number of nitrogens with zero attached hydrogens (tertiary/aromatic N) is 2. The largest absolute Gasteiger partial charge is 0.337 e. The molecule has 0 spiro atoms. The van der Waals surface area contributed by atoms with E-state index in [9.17, 15) is 13.2 Å². The van der Waals surface area contributed by atoms with Gasteiger partial charge in [-0.2, -0.15) is 4.31 Å². The number of piperidine rings is 1. The molecule has 1 amide bonds. The van der Waals surface area contributed by atoms with Crippen LogP contribution in [0.3, 0.4) is 0 Å². The molecule has 8 heteroatoms. The maximum absolute atomic E-state index is 12.9. The minimum absolute atomic E-state index is 0. The highest BCUT2D eigenvalue weighted by Crippen LogP contribution is 2.23. The molecule has 1 N–H and O–H groups in total. The maximum atomic E-state index is 12.9. The SMILES string of the molecule is Cc1ccc(S(=O)(=O)N2CCCCC2)cc1C(=O)N1CCCNCC1.Cl. The van der Waals surface area contributed by atoms with E-state index in [0.717, 1.165) is 44.3 Å². The summed E-state index contributed by atoms with van der Waals surface area (Å²) in [6.45, 7) is 6.04. The number of sulfonamides is 1. The van der Waals surface area contributed by atoms with Crippen molar-refractivity contribution in [2.75, 3.05) is 39.3 Å². The summed E-state index contributed by atoms with van der Waals surface area (Å²) >= 11 is 0. The Morgan fingerprint density at radius 3 is 2.46 bits per heavy atom. The van der Waals surface area contributed by atoms with Gasteiger partial charge in [-0.3, -0.25) is 4.79 Å². The van der Waals surface area contributed by atoms with Crippen molar-refractivity contribution < 1.29 is 13.2 Å². The number of nitrogens with one attached hydrogen (secondary N) is 1. The molecule has 0 saturated carbocycles. The molecule has 1 aromatic rings. The van der Waals surface area contributed by atoms with Crippen molar-refractivity contribution in [3.8, 4) is 0 Å². The first-order valence-corrected chi connectivity index (χ1v) is 10.5. The lowest BCUT2D eigenvalue weighted by molar-refractivity contribution is 0.0765. The topological polar surface area (TPSA) is 69.7 Å². The Bertz CT molecular complexity index is 725. The molecule has 6 nitrogen and oxygen atoms in total. The van der Waals surface area contributed by atoms with Crippen LogP contribution in [0.15, 0.2) is 23.1 Å². The average Bonchev–Trinajstić information content (AvgIpc) is 2.91. The molecule has 0 atom stereocenters. The Kier molecular flexibility index (Phi) is 7.46. The fourth-order valence-electron chi connectivity index (χ4n) is 3.47. The molecule has 26 heavy (non-hydrogen) atoms. The van der Waals surface area contributed by atoms with E-state index in [2.05, 4.69) is 5.32 Å². The van der Waals surface area contributed by atoms with Gasteiger partial charge in [-0.05, 0) is 50.4 Å². The lowest BCUT2D eigenvalue weighted by Gasteiger charge is -2.26. The third-order valence-electron chi connectivity index (χ3n) is 5.02. The van der Waals surface area contributed by atoms with E-state index in [1.165, 1.54) is 0 Å². The van der Waals surface area contributed by atoms with Gasteiger partial charge in [0.05, 0.1) is 4.90 Å². The van der Waals surface area contributed by atoms with E-state index < -0.39 is 10.0 Å². The zero-order valence-corrected chi connectivity index (χ0v) is 16.9. The Hall–Kier alpha value is -1.15. The molecule has 0 aliphatic carbocycles. The standard InChI is InChI=1S/C18H27N3O3S.ClH/c1-15-6-7-16(25(23,24)21-11-3-2-4-12-21)14-17(15)18(22)20-10-5-8-19-9-13-20;/h6-7,14,19H,2-5,8-13H2,1H3;1H. The third kappa shape index (κ3) is 4.57. The van der Waals surface area contributed by atoms with Gasteiger partial charge >= 0.3 is 0 Å². The molecule has 0 bridgehead atoms. The molecule has 0 radical (unpaired) electrons. The summed E-state index contributed by atoms with van der Waals surface area (Å²) in [7, 11) is -3.52. The molecule has 0 unspecified atom stereocenters. The molecule has 2 heterocycles. The number of carbonyl (C=O) groups is 1. The van der Waals surface area contributed by atoms with Crippen LogP contribution in [0.25, 0.3) is 0 Å². The summed E-state index contributed by atoms with van der Waals surface area (Å²) in [4.78, 5) is 15.0. The van der Waals surface area contributed by atoms with Crippen molar-refractivity contribution in [3.05, 3.63) is 29.3 Å². The zero-order chi connectivity index (χ0) is 17.9. The number of rotatable bonds is 3. The number of hydrogen-bond acceptors (Lipinski definition) is 4. The van der Waals surface area contributed by atoms with Gasteiger partial charge in [-0.1, -0.05) is 12.5 Å². The fraction of sp³-hybridized carbons (Fsp3) is 0.611. The van der Waals surface area contributed by atoms with E-state index >= 15 is 0 Å². The van der Waals surface area contributed by atoms with Gasteiger partial charge < -0.3 is 10.2 Å². The Labute approximate surface area is 162 Å². The highest BCUT2D eigenvalue weighted by Gasteiger charge is 2.28. The first-order valence-electron chi connectivity index (χ1n) is 9.11. The molecule has 2 aliphatic heterocycles.